The molecule has 1 fully saturated rings. The Hall–Kier alpha value is -1.24. The summed E-state index contributed by atoms with van der Waals surface area (Å²) in [6.45, 7) is 0. The summed E-state index contributed by atoms with van der Waals surface area (Å²) in [4.78, 5) is 17.4. The average Bonchev–Trinajstić information content (AvgIpc) is 3.24. The Morgan fingerprint density at radius 1 is 1.42 bits per heavy atom. The number of carbonyl (C=O) groups excluding carboxylic acids is 1. The van der Waals surface area contributed by atoms with Crippen LogP contribution in [0.5, 0.6) is 5.75 Å². The quantitative estimate of drug-likeness (QED) is 0.689. The minimum absolute atomic E-state index is 0.0728. The number of hydrogen-bond donors (Lipinski definition) is 1. The Bertz CT molecular complexity index is 673. The van der Waals surface area contributed by atoms with Crippen molar-refractivity contribution < 1.29 is 9.53 Å². The van der Waals surface area contributed by atoms with Gasteiger partial charge in [-0.3, -0.25) is 4.79 Å². The molecule has 1 N–H and O–H groups in total. The molecule has 0 bridgehead atoms. The fourth-order valence-electron chi connectivity index (χ4n) is 2.82. The summed E-state index contributed by atoms with van der Waals surface area (Å²) in [5.41, 5.74) is 0.854. The standard InChI is InChI=1S/C17H19ClN2O2S2/c18-11-22-16-12(10-15(21)20-17-19-8-9-23-17)4-3-7-14(16)24-13-5-1-2-6-13/h3-4,7-9,13H,1-2,5-6,10-11H2,(H,19,20,21). The molecule has 1 aliphatic rings. The molecule has 0 unspecified atom stereocenters. The number of nitrogens with one attached hydrogen (secondary N) is 1. The summed E-state index contributed by atoms with van der Waals surface area (Å²) in [6, 6.07) is 6.02. The minimum atomic E-state index is -0.104. The summed E-state index contributed by atoms with van der Waals surface area (Å²) < 4.78 is 5.67. The Kier molecular flexibility index (Phi) is 6.40. The number of nitrogens with zero attached hydrogens (tertiary/aromatic N) is 1. The molecule has 1 aromatic carbocycles. The third kappa shape index (κ3) is 4.65. The molecule has 4 nitrogen and oxygen atoms in total. The fourth-order valence-corrected chi connectivity index (χ4v) is 4.86. The Morgan fingerprint density at radius 3 is 2.96 bits per heavy atom. The molecular weight excluding hydrogens is 364 g/mol. The molecule has 1 aromatic heterocycles. The smallest absolute Gasteiger partial charge is 0.230 e. The van der Waals surface area contributed by atoms with E-state index < -0.39 is 0 Å². The third-order valence-electron chi connectivity index (χ3n) is 3.88. The van der Waals surface area contributed by atoms with Crippen LogP contribution in [-0.4, -0.2) is 22.2 Å². The summed E-state index contributed by atoms with van der Waals surface area (Å²) in [5, 5.41) is 5.87. The SMILES string of the molecule is O=C(Cc1cccc(SC2CCCC2)c1OCCl)Nc1nccs1. The highest BCUT2D eigenvalue weighted by atomic mass is 35.5. The number of halogens is 1. The Morgan fingerprint density at radius 2 is 2.25 bits per heavy atom. The van der Waals surface area contributed by atoms with Gasteiger partial charge in [0.05, 0.1) is 6.42 Å². The van der Waals surface area contributed by atoms with E-state index in [4.69, 9.17) is 16.3 Å². The van der Waals surface area contributed by atoms with Crippen LogP contribution in [0.1, 0.15) is 31.2 Å². The zero-order valence-electron chi connectivity index (χ0n) is 13.2. The molecule has 0 aliphatic heterocycles. The average molecular weight is 383 g/mol. The first kappa shape index (κ1) is 17.6. The number of anilines is 1. The lowest BCUT2D eigenvalue weighted by molar-refractivity contribution is -0.115. The molecule has 0 radical (unpaired) electrons. The van der Waals surface area contributed by atoms with Crippen LogP contribution >= 0.6 is 34.7 Å². The molecule has 128 valence electrons. The normalized spacial score (nSPS) is 14.7. The predicted molar refractivity (Wildman–Crippen MR) is 100 cm³/mol. The van der Waals surface area contributed by atoms with Crippen LogP contribution in [0, 0.1) is 0 Å². The number of aromatic nitrogens is 1. The van der Waals surface area contributed by atoms with Crippen LogP contribution < -0.4 is 10.1 Å². The third-order valence-corrected chi connectivity index (χ3v) is 6.06. The number of benzene rings is 1. The van der Waals surface area contributed by atoms with E-state index in [2.05, 4.69) is 10.3 Å². The highest BCUT2D eigenvalue weighted by molar-refractivity contribution is 8.00. The number of alkyl halides is 1. The van der Waals surface area contributed by atoms with Crippen molar-refractivity contribution in [1.82, 2.24) is 4.98 Å². The van der Waals surface area contributed by atoms with E-state index in [1.807, 2.05) is 35.3 Å². The summed E-state index contributed by atoms with van der Waals surface area (Å²) in [6.07, 6.45) is 6.96. The molecule has 0 atom stereocenters. The summed E-state index contributed by atoms with van der Waals surface area (Å²) in [7, 11) is 0. The molecule has 1 saturated carbocycles. The maximum Gasteiger partial charge on any atom is 0.230 e. The number of thioether (sulfide) groups is 1. The van der Waals surface area contributed by atoms with E-state index in [0.29, 0.717) is 10.4 Å². The van der Waals surface area contributed by atoms with Gasteiger partial charge in [0.2, 0.25) is 5.91 Å². The van der Waals surface area contributed by atoms with E-state index >= 15 is 0 Å². The highest BCUT2D eigenvalue weighted by Gasteiger charge is 2.20. The molecule has 2 aromatic rings. The molecule has 1 amide bonds. The van der Waals surface area contributed by atoms with Gasteiger partial charge in [-0.2, -0.15) is 0 Å². The molecule has 3 rings (SSSR count). The summed E-state index contributed by atoms with van der Waals surface area (Å²) >= 11 is 9.05. The Labute approximate surface area is 155 Å². The molecule has 0 saturated heterocycles. The maximum absolute atomic E-state index is 12.3. The van der Waals surface area contributed by atoms with Crippen molar-refractivity contribution in [2.75, 3.05) is 11.4 Å². The zero-order valence-corrected chi connectivity index (χ0v) is 15.6. The van der Waals surface area contributed by atoms with Crippen molar-refractivity contribution in [3.05, 3.63) is 35.3 Å². The van der Waals surface area contributed by atoms with Crippen LogP contribution in [-0.2, 0) is 11.2 Å². The fraction of sp³-hybridized carbons (Fsp3) is 0.412. The van der Waals surface area contributed by atoms with Crippen LogP contribution in [0.15, 0.2) is 34.7 Å². The van der Waals surface area contributed by atoms with Gasteiger partial charge in [0.1, 0.15) is 5.75 Å². The van der Waals surface area contributed by atoms with Crippen LogP contribution in [0.3, 0.4) is 0 Å². The van der Waals surface area contributed by atoms with Crippen molar-refractivity contribution >= 4 is 45.7 Å². The molecular formula is C17H19ClN2O2S2. The number of ether oxygens (including phenoxy) is 1. The van der Waals surface area contributed by atoms with Gasteiger partial charge in [-0.15, -0.1) is 23.1 Å². The van der Waals surface area contributed by atoms with Gasteiger partial charge in [0.15, 0.2) is 11.2 Å². The lowest BCUT2D eigenvalue weighted by Gasteiger charge is -2.16. The van der Waals surface area contributed by atoms with E-state index in [0.717, 1.165) is 16.2 Å². The second kappa shape index (κ2) is 8.74. The van der Waals surface area contributed by atoms with Crippen LogP contribution in [0.25, 0.3) is 0 Å². The van der Waals surface area contributed by atoms with Gasteiger partial charge in [-0.05, 0) is 18.9 Å². The number of thiazole rings is 1. The van der Waals surface area contributed by atoms with E-state index in [1.54, 1.807) is 6.20 Å². The molecule has 0 spiro atoms. The van der Waals surface area contributed by atoms with Crippen molar-refractivity contribution in [3.63, 3.8) is 0 Å². The first-order valence-electron chi connectivity index (χ1n) is 7.93. The summed E-state index contributed by atoms with van der Waals surface area (Å²) in [5.74, 6) is 0.631. The predicted octanol–water partition coefficient (Wildman–Crippen LogP) is 4.93. The van der Waals surface area contributed by atoms with Crippen molar-refractivity contribution in [2.45, 2.75) is 42.2 Å². The van der Waals surface area contributed by atoms with Gasteiger partial charge >= 0.3 is 0 Å². The lowest BCUT2D eigenvalue weighted by atomic mass is 10.1. The zero-order chi connectivity index (χ0) is 16.8. The number of carbonyl (C=O) groups is 1. The largest absolute Gasteiger partial charge is 0.476 e. The Balaban J connectivity index is 1.74. The van der Waals surface area contributed by atoms with E-state index in [-0.39, 0.29) is 18.4 Å². The number of amides is 1. The van der Waals surface area contributed by atoms with Crippen molar-refractivity contribution in [1.29, 1.82) is 0 Å². The first-order chi connectivity index (χ1) is 11.8. The molecule has 24 heavy (non-hydrogen) atoms. The monoisotopic (exact) mass is 382 g/mol. The van der Waals surface area contributed by atoms with E-state index in [1.165, 1.54) is 37.0 Å². The van der Waals surface area contributed by atoms with E-state index in [9.17, 15) is 4.79 Å². The first-order valence-corrected chi connectivity index (χ1v) is 10.2. The lowest BCUT2D eigenvalue weighted by Crippen LogP contribution is -2.15. The van der Waals surface area contributed by atoms with Crippen molar-refractivity contribution in [3.8, 4) is 5.75 Å². The van der Waals surface area contributed by atoms with Gasteiger partial charge in [-0.1, -0.05) is 36.6 Å². The topological polar surface area (TPSA) is 51.2 Å². The van der Waals surface area contributed by atoms with Crippen LogP contribution in [0.2, 0.25) is 0 Å². The van der Waals surface area contributed by atoms with Gasteiger partial charge in [0.25, 0.3) is 0 Å². The molecule has 1 heterocycles. The van der Waals surface area contributed by atoms with Crippen LogP contribution in [0.4, 0.5) is 5.13 Å². The highest BCUT2D eigenvalue weighted by Crippen LogP contribution is 2.40. The maximum atomic E-state index is 12.3. The number of para-hydroxylation sites is 1. The second-order valence-corrected chi connectivity index (χ2v) is 8.04. The van der Waals surface area contributed by atoms with Crippen molar-refractivity contribution in [2.24, 2.45) is 0 Å². The minimum Gasteiger partial charge on any atom is -0.476 e. The second-order valence-electron chi connectivity index (χ2n) is 5.58. The number of rotatable bonds is 7. The van der Waals surface area contributed by atoms with Gasteiger partial charge < -0.3 is 10.1 Å². The molecule has 1 aliphatic carbocycles. The number of hydrogen-bond acceptors (Lipinski definition) is 5. The van der Waals surface area contributed by atoms with Gasteiger partial charge in [-0.25, -0.2) is 4.98 Å². The van der Waals surface area contributed by atoms with Gasteiger partial charge in [0, 0.05) is 27.3 Å². The molecule has 7 heteroatoms.